The standard InChI is InChI=1S/C16H19FN4O.ClH/c1-21-8-7-18-10-13(21)14-19-15(22-20-14)16(5-6-16)11-3-2-4-12(17)9-11;/h2-4,9,13,18H,5-8,10H2,1H3;1H. The number of rotatable bonds is 3. The molecule has 1 aromatic heterocycles. The van der Waals surface area contributed by atoms with Crippen molar-refractivity contribution < 1.29 is 8.91 Å². The van der Waals surface area contributed by atoms with Gasteiger partial charge in [0.25, 0.3) is 0 Å². The highest BCUT2D eigenvalue weighted by Gasteiger charge is 2.51. The number of nitrogens with zero attached hydrogens (tertiary/aromatic N) is 3. The lowest BCUT2D eigenvalue weighted by molar-refractivity contribution is 0.190. The summed E-state index contributed by atoms with van der Waals surface area (Å²) in [7, 11) is 2.07. The summed E-state index contributed by atoms with van der Waals surface area (Å²) in [4.78, 5) is 6.87. The fraction of sp³-hybridized carbons (Fsp3) is 0.500. The normalized spacial score (nSPS) is 23.3. The minimum Gasteiger partial charge on any atom is -0.338 e. The van der Waals surface area contributed by atoms with Crippen LogP contribution in [0.1, 0.15) is 36.2 Å². The van der Waals surface area contributed by atoms with Crippen LogP contribution in [0.2, 0.25) is 0 Å². The molecule has 1 saturated carbocycles. The van der Waals surface area contributed by atoms with Crippen molar-refractivity contribution in [3.8, 4) is 0 Å². The molecular weight excluding hydrogens is 319 g/mol. The number of hydrogen-bond acceptors (Lipinski definition) is 5. The van der Waals surface area contributed by atoms with Gasteiger partial charge in [-0.3, -0.25) is 4.90 Å². The maximum atomic E-state index is 13.5. The van der Waals surface area contributed by atoms with Crippen LogP contribution in [0.5, 0.6) is 0 Å². The van der Waals surface area contributed by atoms with E-state index in [2.05, 4.69) is 27.4 Å². The van der Waals surface area contributed by atoms with Crippen LogP contribution in [0.15, 0.2) is 28.8 Å². The molecule has 1 N–H and O–H groups in total. The Morgan fingerprint density at radius 3 is 2.91 bits per heavy atom. The van der Waals surface area contributed by atoms with Crippen LogP contribution in [-0.2, 0) is 5.41 Å². The van der Waals surface area contributed by atoms with Gasteiger partial charge in [-0.1, -0.05) is 17.3 Å². The van der Waals surface area contributed by atoms with Crippen LogP contribution >= 0.6 is 12.4 Å². The summed E-state index contributed by atoms with van der Waals surface area (Å²) >= 11 is 0. The first-order valence-electron chi connectivity index (χ1n) is 7.70. The number of hydrogen-bond donors (Lipinski definition) is 1. The van der Waals surface area contributed by atoms with Crippen molar-refractivity contribution in [3.63, 3.8) is 0 Å². The van der Waals surface area contributed by atoms with Gasteiger partial charge in [0, 0.05) is 19.6 Å². The zero-order chi connectivity index (χ0) is 15.2. The number of aromatic nitrogens is 2. The van der Waals surface area contributed by atoms with E-state index < -0.39 is 0 Å². The first-order chi connectivity index (χ1) is 10.7. The van der Waals surface area contributed by atoms with E-state index in [1.54, 1.807) is 12.1 Å². The lowest BCUT2D eigenvalue weighted by Gasteiger charge is -2.30. The highest BCUT2D eigenvalue weighted by molar-refractivity contribution is 5.85. The second-order valence-electron chi connectivity index (χ2n) is 6.25. The third kappa shape index (κ3) is 2.86. The van der Waals surface area contributed by atoms with E-state index >= 15 is 0 Å². The molecule has 1 atom stereocenters. The summed E-state index contributed by atoms with van der Waals surface area (Å²) in [5, 5.41) is 7.54. The molecule has 124 valence electrons. The Balaban J connectivity index is 0.00000156. The average molecular weight is 339 g/mol. The summed E-state index contributed by atoms with van der Waals surface area (Å²) in [6.07, 6.45) is 1.85. The molecule has 2 aliphatic rings. The first kappa shape index (κ1) is 16.4. The van der Waals surface area contributed by atoms with E-state index in [1.165, 1.54) is 6.07 Å². The third-order valence-electron chi connectivity index (χ3n) is 4.79. The Bertz CT molecular complexity index is 688. The van der Waals surface area contributed by atoms with Crippen LogP contribution in [-0.4, -0.2) is 41.7 Å². The number of nitrogens with one attached hydrogen (secondary N) is 1. The maximum Gasteiger partial charge on any atom is 0.237 e. The summed E-state index contributed by atoms with van der Waals surface area (Å²) in [6.45, 7) is 2.76. The van der Waals surface area contributed by atoms with E-state index in [1.807, 2.05) is 6.07 Å². The minimum absolute atomic E-state index is 0. The number of piperazine rings is 1. The van der Waals surface area contributed by atoms with Gasteiger partial charge in [0.15, 0.2) is 5.82 Å². The van der Waals surface area contributed by atoms with Gasteiger partial charge in [-0.05, 0) is 37.6 Å². The van der Waals surface area contributed by atoms with Gasteiger partial charge in [0.2, 0.25) is 5.89 Å². The van der Waals surface area contributed by atoms with Gasteiger partial charge >= 0.3 is 0 Å². The lowest BCUT2D eigenvalue weighted by atomic mass is 9.96. The quantitative estimate of drug-likeness (QED) is 0.930. The average Bonchev–Trinajstić information content (AvgIpc) is 3.19. The number of likely N-dealkylation sites (N-methyl/N-ethyl adjacent to an activating group) is 1. The van der Waals surface area contributed by atoms with Crippen molar-refractivity contribution in [3.05, 3.63) is 47.4 Å². The van der Waals surface area contributed by atoms with Crippen LogP contribution in [0.4, 0.5) is 4.39 Å². The molecule has 1 unspecified atom stereocenters. The van der Waals surface area contributed by atoms with Gasteiger partial charge in [-0.2, -0.15) is 4.98 Å². The van der Waals surface area contributed by atoms with E-state index in [9.17, 15) is 4.39 Å². The molecule has 2 heterocycles. The monoisotopic (exact) mass is 338 g/mol. The molecule has 5 nitrogen and oxygen atoms in total. The summed E-state index contributed by atoms with van der Waals surface area (Å²) in [5.74, 6) is 1.11. The molecule has 2 fully saturated rings. The Labute approximate surface area is 140 Å². The molecule has 0 radical (unpaired) electrons. The molecule has 2 aromatic rings. The zero-order valence-corrected chi connectivity index (χ0v) is 13.8. The van der Waals surface area contributed by atoms with E-state index in [4.69, 9.17) is 4.52 Å². The SMILES string of the molecule is CN1CCNCC1c1noc(C2(c3cccc(F)c3)CC2)n1.Cl. The number of benzene rings is 1. The molecule has 0 amide bonds. The van der Waals surface area contributed by atoms with E-state index in [-0.39, 0.29) is 29.7 Å². The smallest absolute Gasteiger partial charge is 0.237 e. The molecule has 1 saturated heterocycles. The van der Waals surface area contributed by atoms with Crippen LogP contribution in [0.3, 0.4) is 0 Å². The molecule has 1 aliphatic carbocycles. The van der Waals surface area contributed by atoms with E-state index in [0.29, 0.717) is 11.7 Å². The second kappa shape index (κ2) is 6.19. The largest absolute Gasteiger partial charge is 0.338 e. The molecule has 1 aromatic carbocycles. The summed E-state index contributed by atoms with van der Waals surface area (Å²) in [6, 6.07) is 6.84. The van der Waals surface area contributed by atoms with Gasteiger partial charge in [0.1, 0.15) is 5.82 Å². The zero-order valence-electron chi connectivity index (χ0n) is 13.0. The van der Waals surface area contributed by atoms with Crippen molar-refractivity contribution in [2.45, 2.75) is 24.3 Å². The van der Waals surface area contributed by atoms with Gasteiger partial charge in [0.05, 0.1) is 11.5 Å². The molecule has 4 rings (SSSR count). The molecule has 0 bridgehead atoms. The third-order valence-corrected chi connectivity index (χ3v) is 4.79. The Hall–Kier alpha value is -1.50. The van der Waals surface area contributed by atoms with Crippen LogP contribution in [0, 0.1) is 5.82 Å². The topological polar surface area (TPSA) is 54.2 Å². The highest BCUT2D eigenvalue weighted by Crippen LogP contribution is 2.53. The van der Waals surface area contributed by atoms with Crippen molar-refractivity contribution in [2.75, 3.05) is 26.7 Å². The second-order valence-corrected chi connectivity index (χ2v) is 6.25. The fourth-order valence-corrected chi connectivity index (χ4v) is 3.20. The van der Waals surface area contributed by atoms with Crippen molar-refractivity contribution in [1.82, 2.24) is 20.4 Å². The fourth-order valence-electron chi connectivity index (χ4n) is 3.20. The summed E-state index contributed by atoms with van der Waals surface area (Å²) in [5.41, 5.74) is 0.645. The maximum absolute atomic E-state index is 13.5. The predicted octanol–water partition coefficient (Wildman–Crippen LogP) is 2.29. The predicted molar refractivity (Wildman–Crippen MR) is 86.2 cm³/mol. The molecule has 23 heavy (non-hydrogen) atoms. The highest BCUT2D eigenvalue weighted by atomic mass is 35.5. The lowest BCUT2D eigenvalue weighted by Crippen LogP contribution is -2.44. The van der Waals surface area contributed by atoms with Crippen LogP contribution in [0.25, 0.3) is 0 Å². The van der Waals surface area contributed by atoms with Crippen molar-refractivity contribution in [1.29, 1.82) is 0 Å². The van der Waals surface area contributed by atoms with Crippen molar-refractivity contribution >= 4 is 12.4 Å². The Morgan fingerprint density at radius 2 is 2.22 bits per heavy atom. The molecule has 1 aliphatic heterocycles. The molecule has 7 heteroatoms. The Kier molecular flexibility index (Phi) is 4.40. The van der Waals surface area contributed by atoms with Gasteiger partial charge < -0.3 is 9.84 Å². The van der Waals surface area contributed by atoms with E-state index in [0.717, 1.165) is 38.0 Å². The number of halogens is 2. The molecular formula is C16H20ClFN4O. The van der Waals surface area contributed by atoms with Crippen molar-refractivity contribution in [2.24, 2.45) is 0 Å². The van der Waals surface area contributed by atoms with Gasteiger partial charge in [-0.15, -0.1) is 12.4 Å². The van der Waals surface area contributed by atoms with Crippen LogP contribution < -0.4 is 5.32 Å². The first-order valence-corrected chi connectivity index (χ1v) is 7.70. The Morgan fingerprint density at radius 1 is 1.39 bits per heavy atom. The molecule has 0 spiro atoms. The van der Waals surface area contributed by atoms with Gasteiger partial charge in [-0.25, -0.2) is 4.39 Å². The summed E-state index contributed by atoms with van der Waals surface area (Å²) < 4.78 is 19.1. The minimum atomic E-state index is -0.284.